The number of halogens is 1. The number of anilines is 2. The van der Waals surface area contributed by atoms with E-state index < -0.39 is 11.4 Å². The summed E-state index contributed by atoms with van der Waals surface area (Å²) in [5.41, 5.74) is 0.288. The fraction of sp³-hybridized carbons (Fsp3) is 0.133. The first-order valence-electron chi connectivity index (χ1n) is 6.15. The third-order valence-corrected chi connectivity index (χ3v) is 3.10. The summed E-state index contributed by atoms with van der Waals surface area (Å²) in [5.74, 6) is -0.373. The number of pyridine rings is 1. The van der Waals surface area contributed by atoms with Crippen molar-refractivity contribution in [3.63, 3.8) is 0 Å². The largest absolute Gasteiger partial charge is 0.339 e. The predicted molar refractivity (Wildman–Crippen MR) is 76.9 cm³/mol. The van der Waals surface area contributed by atoms with Gasteiger partial charge in [0.05, 0.1) is 16.8 Å². The molecule has 1 heterocycles. The van der Waals surface area contributed by atoms with Crippen LogP contribution in [0.15, 0.2) is 29.1 Å². The summed E-state index contributed by atoms with van der Waals surface area (Å²) in [6.45, 7) is 1.75. The average Bonchev–Trinajstić information content (AvgIpc) is 2.46. The SMILES string of the molecule is Cc1ccc(Nc2c(C=O)cc(C=O)c(=O)n2C)c(F)c1. The van der Waals surface area contributed by atoms with Crippen molar-refractivity contribution in [2.24, 2.45) is 7.05 Å². The molecule has 1 aromatic carbocycles. The van der Waals surface area contributed by atoms with Gasteiger partial charge in [0.25, 0.3) is 5.56 Å². The van der Waals surface area contributed by atoms with E-state index in [0.29, 0.717) is 12.6 Å². The maximum atomic E-state index is 13.9. The maximum absolute atomic E-state index is 13.9. The van der Waals surface area contributed by atoms with Crippen LogP contribution >= 0.6 is 0 Å². The molecule has 1 aromatic heterocycles. The number of aryl methyl sites for hydroxylation is 1. The Bertz CT molecular complexity index is 781. The molecule has 2 aromatic rings. The zero-order valence-electron chi connectivity index (χ0n) is 11.5. The first-order chi connectivity index (χ1) is 9.97. The van der Waals surface area contributed by atoms with E-state index in [4.69, 9.17) is 0 Å². The van der Waals surface area contributed by atoms with Gasteiger partial charge >= 0.3 is 0 Å². The summed E-state index contributed by atoms with van der Waals surface area (Å²) >= 11 is 0. The van der Waals surface area contributed by atoms with E-state index in [2.05, 4.69) is 5.32 Å². The Morgan fingerprint density at radius 1 is 1.14 bits per heavy atom. The topological polar surface area (TPSA) is 68.2 Å². The number of aromatic nitrogens is 1. The Hall–Kier alpha value is -2.76. The lowest BCUT2D eigenvalue weighted by molar-refractivity contribution is 0.112. The molecule has 1 N–H and O–H groups in total. The van der Waals surface area contributed by atoms with Gasteiger partial charge in [-0.1, -0.05) is 6.07 Å². The third-order valence-electron chi connectivity index (χ3n) is 3.10. The monoisotopic (exact) mass is 288 g/mol. The van der Waals surface area contributed by atoms with Crippen molar-refractivity contribution in [3.05, 3.63) is 57.1 Å². The molecular formula is C15H13FN2O3. The molecule has 0 unspecified atom stereocenters. The van der Waals surface area contributed by atoms with E-state index in [1.54, 1.807) is 13.0 Å². The first-order valence-corrected chi connectivity index (χ1v) is 6.15. The lowest BCUT2D eigenvalue weighted by Gasteiger charge is -2.14. The minimum absolute atomic E-state index is 0.0965. The molecule has 0 saturated heterocycles. The highest BCUT2D eigenvalue weighted by atomic mass is 19.1. The van der Waals surface area contributed by atoms with Gasteiger partial charge in [0.15, 0.2) is 12.6 Å². The molecule has 0 saturated carbocycles. The fourth-order valence-electron chi connectivity index (χ4n) is 1.97. The molecule has 0 aliphatic heterocycles. The summed E-state index contributed by atoms with van der Waals surface area (Å²) in [6, 6.07) is 5.72. The molecule has 0 aliphatic carbocycles. The van der Waals surface area contributed by atoms with Crippen LogP contribution in [0.1, 0.15) is 26.3 Å². The summed E-state index contributed by atoms with van der Waals surface area (Å²) in [6.07, 6.45) is 0.881. The normalized spacial score (nSPS) is 10.2. The van der Waals surface area contributed by atoms with Gasteiger partial charge in [-0.25, -0.2) is 4.39 Å². The summed E-state index contributed by atoms with van der Waals surface area (Å²) < 4.78 is 15.0. The van der Waals surface area contributed by atoms with Crippen molar-refractivity contribution >= 4 is 24.1 Å². The molecule has 21 heavy (non-hydrogen) atoms. The maximum Gasteiger partial charge on any atom is 0.262 e. The highest BCUT2D eigenvalue weighted by molar-refractivity contribution is 5.88. The van der Waals surface area contributed by atoms with E-state index in [9.17, 15) is 18.8 Å². The van der Waals surface area contributed by atoms with Crippen LogP contribution in [-0.4, -0.2) is 17.1 Å². The Kier molecular flexibility index (Phi) is 3.98. The molecule has 5 nitrogen and oxygen atoms in total. The molecule has 0 radical (unpaired) electrons. The quantitative estimate of drug-likeness (QED) is 0.876. The van der Waals surface area contributed by atoms with Crippen molar-refractivity contribution < 1.29 is 14.0 Å². The smallest absolute Gasteiger partial charge is 0.262 e. The molecule has 108 valence electrons. The van der Waals surface area contributed by atoms with E-state index in [0.717, 1.165) is 10.1 Å². The number of hydrogen-bond donors (Lipinski definition) is 1. The van der Waals surface area contributed by atoms with Crippen LogP contribution in [0, 0.1) is 12.7 Å². The van der Waals surface area contributed by atoms with Gasteiger partial charge in [-0.2, -0.15) is 0 Å². The van der Waals surface area contributed by atoms with Crippen molar-refractivity contribution in [1.82, 2.24) is 4.57 Å². The summed E-state index contributed by atoms with van der Waals surface area (Å²) in [4.78, 5) is 33.8. The molecule has 2 rings (SSSR count). The van der Waals surface area contributed by atoms with Gasteiger partial charge in [-0.15, -0.1) is 0 Å². The zero-order chi connectivity index (χ0) is 15.6. The summed E-state index contributed by atoms with van der Waals surface area (Å²) in [5, 5.41) is 2.72. The van der Waals surface area contributed by atoms with Crippen LogP contribution in [0.2, 0.25) is 0 Å². The van der Waals surface area contributed by atoms with Gasteiger partial charge in [0.1, 0.15) is 11.6 Å². The number of nitrogens with zero attached hydrogens (tertiary/aromatic N) is 1. The second-order valence-corrected chi connectivity index (χ2v) is 4.61. The molecule has 0 amide bonds. The second-order valence-electron chi connectivity index (χ2n) is 4.61. The zero-order valence-corrected chi connectivity index (χ0v) is 11.5. The number of nitrogens with one attached hydrogen (secondary N) is 1. The van der Waals surface area contributed by atoms with Crippen molar-refractivity contribution in [2.45, 2.75) is 6.92 Å². The van der Waals surface area contributed by atoms with Crippen LogP contribution < -0.4 is 10.9 Å². The molecular weight excluding hydrogens is 275 g/mol. The van der Waals surface area contributed by atoms with Gasteiger partial charge in [0, 0.05) is 7.05 Å². The molecule has 0 spiro atoms. The van der Waals surface area contributed by atoms with Crippen LogP contribution in [-0.2, 0) is 7.05 Å². The van der Waals surface area contributed by atoms with Crippen LogP contribution in [0.4, 0.5) is 15.9 Å². The van der Waals surface area contributed by atoms with Crippen molar-refractivity contribution in [3.8, 4) is 0 Å². The molecule has 0 aliphatic rings. The second kappa shape index (κ2) is 5.70. The van der Waals surface area contributed by atoms with Crippen LogP contribution in [0.3, 0.4) is 0 Å². The first kappa shape index (κ1) is 14.6. The highest BCUT2D eigenvalue weighted by Gasteiger charge is 2.13. The van der Waals surface area contributed by atoms with E-state index >= 15 is 0 Å². The Morgan fingerprint density at radius 3 is 2.38 bits per heavy atom. The predicted octanol–water partition coefficient (Wildman–Crippen LogP) is 2.20. The average molecular weight is 288 g/mol. The number of benzene rings is 1. The minimum atomic E-state index is -0.564. The molecule has 6 heteroatoms. The van der Waals surface area contributed by atoms with Crippen LogP contribution in [0.25, 0.3) is 0 Å². The van der Waals surface area contributed by atoms with Gasteiger partial charge in [0.2, 0.25) is 0 Å². The molecule has 0 fully saturated rings. The van der Waals surface area contributed by atoms with E-state index in [1.165, 1.54) is 25.2 Å². The number of carbonyl (C=O) groups is 2. The third kappa shape index (κ3) is 2.74. The number of hydrogen-bond acceptors (Lipinski definition) is 4. The molecule has 0 bridgehead atoms. The number of rotatable bonds is 4. The number of aldehydes is 2. The highest BCUT2D eigenvalue weighted by Crippen LogP contribution is 2.22. The Labute approximate surface area is 120 Å². The number of carbonyl (C=O) groups excluding carboxylic acids is 2. The van der Waals surface area contributed by atoms with Crippen LogP contribution in [0.5, 0.6) is 0 Å². The Balaban J connectivity index is 2.58. The van der Waals surface area contributed by atoms with E-state index in [1.807, 2.05) is 0 Å². The van der Waals surface area contributed by atoms with Gasteiger partial charge in [-0.3, -0.25) is 19.0 Å². The van der Waals surface area contributed by atoms with Gasteiger partial charge in [-0.05, 0) is 30.7 Å². The van der Waals surface area contributed by atoms with Crippen molar-refractivity contribution in [1.29, 1.82) is 0 Å². The lowest BCUT2D eigenvalue weighted by atomic mass is 10.1. The van der Waals surface area contributed by atoms with E-state index in [-0.39, 0.29) is 22.6 Å². The lowest BCUT2D eigenvalue weighted by Crippen LogP contribution is -2.24. The Morgan fingerprint density at radius 2 is 1.81 bits per heavy atom. The van der Waals surface area contributed by atoms with Gasteiger partial charge < -0.3 is 5.32 Å². The summed E-state index contributed by atoms with van der Waals surface area (Å²) in [7, 11) is 1.40. The fourth-order valence-corrected chi connectivity index (χ4v) is 1.97. The minimum Gasteiger partial charge on any atom is -0.339 e. The van der Waals surface area contributed by atoms with Crippen molar-refractivity contribution in [2.75, 3.05) is 5.32 Å². The molecule has 0 atom stereocenters. The standard InChI is InChI=1S/C15H13FN2O3/c1-9-3-4-13(12(16)5-9)17-14-10(7-19)6-11(8-20)15(21)18(14)2/h3-8,17H,1-2H3.